The molecule has 0 unspecified atom stereocenters. The molecule has 0 amide bonds. The first kappa shape index (κ1) is 17.4. The van der Waals surface area contributed by atoms with E-state index in [9.17, 15) is 4.39 Å². The Hall–Kier alpha value is -1.68. The molecule has 0 saturated carbocycles. The van der Waals surface area contributed by atoms with Crippen LogP contribution in [0.4, 0.5) is 4.39 Å². The van der Waals surface area contributed by atoms with Crippen molar-refractivity contribution < 1.29 is 9.13 Å². The van der Waals surface area contributed by atoms with E-state index in [0.717, 1.165) is 29.9 Å². The molecule has 0 saturated heterocycles. The van der Waals surface area contributed by atoms with Crippen LogP contribution >= 0.6 is 0 Å². The normalized spacial score (nSPS) is 13.0. The van der Waals surface area contributed by atoms with E-state index in [2.05, 4.69) is 23.9 Å². The maximum atomic E-state index is 14.0. The molecular formula is C17H25FN2O. The highest BCUT2D eigenvalue weighted by Gasteiger charge is 2.11. The fourth-order valence-electron chi connectivity index (χ4n) is 2.06. The summed E-state index contributed by atoms with van der Waals surface area (Å²) in [4.78, 5) is 6.64. The van der Waals surface area contributed by atoms with Crippen LogP contribution in [0.3, 0.4) is 0 Å². The number of hydrogen-bond donors (Lipinski definition) is 0. The van der Waals surface area contributed by atoms with Crippen LogP contribution in [0.25, 0.3) is 5.57 Å². The zero-order valence-corrected chi connectivity index (χ0v) is 13.8. The third kappa shape index (κ3) is 4.67. The van der Waals surface area contributed by atoms with Gasteiger partial charge >= 0.3 is 0 Å². The Morgan fingerprint density at radius 3 is 2.62 bits per heavy atom. The van der Waals surface area contributed by atoms with Gasteiger partial charge in [-0.3, -0.25) is 4.99 Å². The lowest BCUT2D eigenvalue weighted by Crippen LogP contribution is -2.23. The third-order valence-electron chi connectivity index (χ3n) is 3.51. The zero-order valence-electron chi connectivity index (χ0n) is 13.8. The molecule has 0 atom stereocenters. The molecular weight excluding hydrogens is 267 g/mol. The Morgan fingerprint density at radius 2 is 2.05 bits per heavy atom. The fourth-order valence-corrected chi connectivity index (χ4v) is 2.06. The van der Waals surface area contributed by atoms with Crippen LogP contribution in [0, 0.1) is 12.7 Å². The first-order valence-corrected chi connectivity index (χ1v) is 7.12. The van der Waals surface area contributed by atoms with Crippen LogP contribution in [0.1, 0.15) is 31.9 Å². The van der Waals surface area contributed by atoms with E-state index in [1.165, 1.54) is 7.11 Å². The summed E-state index contributed by atoms with van der Waals surface area (Å²) in [5.74, 6) is -0.0394. The smallest absolute Gasteiger partial charge is 0.168 e. The van der Waals surface area contributed by atoms with Crippen LogP contribution < -0.4 is 4.74 Å². The lowest BCUT2D eigenvalue weighted by molar-refractivity contribution is 0.385. The summed E-state index contributed by atoms with van der Waals surface area (Å²) in [5.41, 5.74) is 3.41. The first-order valence-electron chi connectivity index (χ1n) is 7.12. The summed E-state index contributed by atoms with van der Waals surface area (Å²) < 4.78 is 19.0. The predicted octanol–water partition coefficient (Wildman–Crippen LogP) is 3.92. The molecule has 1 rings (SSSR count). The van der Waals surface area contributed by atoms with Gasteiger partial charge in [-0.2, -0.15) is 0 Å². The summed E-state index contributed by atoms with van der Waals surface area (Å²) >= 11 is 0. The average molecular weight is 292 g/mol. The molecule has 0 N–H and O–H groups in total. The lowest BCUT2D eigenvalue weighted by Gasteiger charge is -2.13. The second kappa shape index (κ2) is 7.93. The van der Waals surface area contributed by atoms with Gasteiger partial charge in [-0.15, -0.1) is 0 Å². The number of halogens is 1. The minimum absolute atomic E-state index is 0.272. The van der Waals surface area contributed by atoms with E-state index in [1.807, 2.05) is 19.9 Å². The molecule has 0 fully saturated rings. The van der Waals surface area contributed by atoms with Gasteiger partial charge < -0.3 is 9.64 Å². The molecule has 21 heavy (non-hydrogen) atoms. The van der Waals surface area contributed by atoms with Crippen molar-refractivity contribution in [2.45, 2.75) is 27.7 Å². The Labute approximate surface area is 127 Å². The minimum Gasteiger partial charge on any atom is -0.494 e. The van der Waals surface area contributed by atoms with Crippen molar-refractivity contribution in [3.63, 3.8) is 0 Å². The van der Waals surface area contributed by atoms with E-state index in [1.54, 1.807) is 19.2 Å². The van der Waals surface area contributed by atoms with Crippen LogP contribution in [0.2, 0.25) is 0 Å². The number of rotatable bonds is 6. The zero-order chi connectivity index (χ0) is 16.0. The SMILES string of the molecule is CCN(C)CC(C)=N/C=C(\C)c1ccc(OC)c(F)c1C. The van der Waals surface area contributed by atoms with Crippen molar-refractivity contribution in [3.05, 3.63) is 35.3 Å². The number of allylic oxidation sites excluding steroid dienone is 1. The number of benzene rings is 1. The van der Waals surface area contributed by atoms with Gasteiger partial charge in [0.25, 0.3) is 0 Å². The molecule has 0 aliphatic rings. The van der Waals surface area contributed by atoms with Crippen molar-refractivity contribution in [2.24, 2.45) is 4.99 Å². The summed E-state index contributed by atoms with van der Waals surface area (Å²) in [6, 6.07) is 3.52. The Kier molecular flexibility index (Phi) is 6.56. The largest absolute Gasteiger partial charge is 0.494 e. The highest BCUT2D eigenvalue weighted by atomic mass is 19.1. The number of ether oxygens (including phenoxy) is 1. The molecule has 0 aliphatic carbocycles. The molecule has 0 radical (unpaired) electrons. The van der Waals surface area contributed by atoms with Crippen molar-refractivity contribution in [2.75, 3.05) is 27.2 Å². The Balaban J connectivity index is 2.98. The van der Waals surface area contributed by atoms with Gasteiger partial charge in [0.1, 0.15) is 0 Å². The van der Waals surface area contributed by atoms with E-state index < -0.39 is 0 Å². The molecule has 0 spiro atoms. The molecule has 1 aromatic rings. The maximum Gasteiger partial charge on any atom is 0.168 e. The van der Waals surface area contributed by atoms with Gasteiger partial charge in [-0.25, -0.2) is 4.39 Å². The maximum absolute atomic E-state index is 14.0. The topological polar surface area (TPSA) is 24.8 Å². The molecule has 116 valence electrons. The highest BCUT2D eigenvalue weighted by Crippen LogP contribution is 2.27. The van der Waals surface area contributed by atoms with Crippen LogP contribution in [0.5, 0.6) is 5.75 Å². The molecule has 3 nitrogen and oxygen atoms in total. The van der Waals surface area contributed by atoms with Gasteiger partial charge in [-0.1, -0.05) is 13.0 Å². The van der Waals surface area contributed by atoms with Crippen LogP contribution in [-0.2, 0) is 0 Å². The second-order valence-electron chi connectivity index (χ2n) is 5.26. The van der Waals surface area contributed by atoms with E-state index >= 15 is 0 Å². The van der Waals surface area contributed by atoms with E-state index in [4.69, 9.17) is 4.74 Å². The molecule has 0 heterocycles. The Morgan fingerprint density at radius 1 is 1.38 bits per heavy atom. The fraction of sp³-hybridized carbons (Fsp3) is 0.471. The van der Waals surface area contributed by atoms with Gasteiger partial charge in [0.15, 0.2) is 11.6 Å². The Bertz CT molecular complexity index is 550. The summed E-state index contributed by atoms with van der Waals surface area (Å²) in [7, 11) is 3.52. The number of hydrogen-bond acceptors (Lipinski definition) is 3. The highest BCUT2D eigenvalue weighted by molar-refractivity contribution is 5.85. The lowest BCUT2D eigenvalue weighted by atomic mass is 10.0. The second-order valence-corrected chi connectivity index (χ2v) is 5.26. The minimum atomic E-state index is -0.311. The molecule has 0 bridgehead atoms. The van der Waals surface area contributed by atoms with Crippen molar-refractivity contribution >= 4 is 11.3 Å². The molecule has 1 aromatic carbocycles. The summed E-state index contributed by atoms with van der Waals surface area (Å²) in [5, 5.41) is 0. The van der Waals surface area contributed by atoms with Crippen molar-refractivity contribution in [3.8, 4) is 5.75 Å². The van der Waals surface area contributed by atoms with Gasteiger partial charge in [0.05, 0.1) is 7.11 Å². The summed E-state index contributed by atoms with van der Waals surface area (Å²) in [6.45, 7) is 9.62. The number of methoxy groups -OCH3 is 1. The number of aliphatic imine (C=N–C) groups is 1. The van der Waals surface area contributed by atoms with Gasteiger partial charge in [-0.05, 0) is 57.1 Å². The number of nitrogens with zero attached hydrogens (tertiary/aromatic N) is 2. The van der Waals surface area contributed by atoms with Gasteiger partial charge in [0, 0.05) is 18.5 Å². The van der Waals surface area contributed by atoms with Crippen LogP contribution in [0.15, 0.2) is 23.3 Å². The first-order chi connectivity index (χ1) is 9.90. The molecule has 0 aliphatic heterocycles. The van der Waals surface area contributed by atoms with Gasteiger partial charge in [0.2, 0.25) is 0 Å². The molecule has 0 aromatic heterocycles. The summed E-state index contributed by atoms with van der Waals surface area (Å²) in [6.07, 6.45) is 1.80. The predicted molar refractivity (Wildman–Crippen MR) is 87.6 cm³/mol. The van der Waals surface area contributed by atoms with Crippen molar-refractivity contribution in [1.82, 2.24) is 4.90 Å². The van der Waals surface area contributed by atoms with E-state index in [-0.39, 0.29) is 11.6 Å². The monoisotopic (exact) mass is 292 g/mol. The molecule has 4 heteroatoms. The quantitative estimate of drug-likeness (QED) is 0.742. The van der Waals surface area contributed by atoms with E-state index in [0.29, 0.717) is 5.56 Å². The third-order valence-corrected chi connectivity index (χ3v) is 3.51. The standard InChI is InChI=1S/C17H25FN2O/c1-7-20(5)11-13(3)19-10-12(2)15-8-9-16(21-6)17(18)14(15)4/h8-10H,7,11H2,1-6H3/b12-10+,19-13?. The average Bonchev–Trinajstić information content (AvgIpc) is 2.47. The van der Waals surface area contributed by atoms with Crippen molar-refractivity contribution in [1.29, 1.82) is 0 Å². The van der Waals surface area contributed by atoms with Crippen LogP contribution in [-0.4, -0.2) is 37.9 Å².